The molecule has 2 aromatic heterocycles. The Hall–Kier alpha value is 1.48. The van der Waals surface area contributed by atoms with Gasteiger partial charge < -0.3 is 10.2 Å². The Morgan fingerprint density at radius 2 is 1.58 bits per heavy atom. The second-order valence-corrected chi connectivity index (χ2v) is 7.52. The van der Waals surface area contributed by atoms with E-state index < -0.39 is 0 Å². The quantitative estimate of drug-likeness (QED) is 0.363. The molecule has 0 saturated carbocycles. The summed E-state index contributed by atoms with van der Waals surface area (Å²) >= 11 is 1.76. The topological polar surface area (TPSA) is 27.0 Å². The molecule has 26 heavy (non-hydrogen) atoms. The van der Waals surface area contributed by atoms with Crippen molar-refractivity contribution < 1.29 is 116 Å². The van der Waals surface area contributed by atoms with Crippen molar-refractivity contribution in [3.63, 3.8) is 0 Å². The minimum atomic E-state index is 0. The molecule has 0 N–H and O–H groups in total. The summed E-state index contributed by atoms with van der Waals surface area (Å²) in [5, 5.41) is 12.3. The van der Waals surface area contributed by atoms with Crippen LogP contribution in [0.2, 0.25) is 0 Å². The molecule has 0 radical (unpaired) electrons. The monoisotopic (exact) mass is 504 g/mol. The molecule has 0 fully saturated rings. The molecule has 2 aromatic carbocycles. The fourth-order valence-corrected chi connectivity index (χ4v) is 3.31. The van der Waals surface area contributed by atoms with Crippen LogP contribution in [0.5, 0.6) is 0 Å². The van der Waals surface area contributed by atoms with Crippen molar-refractivity contribution in [1.82, 2.24) is 10.2 Å². The second kappa shape index (κ2) is 12.2. The number of nitrogens with zero attached hydrogens (tertiary/aromatic N) is 2. The Morgan fingerprint density at radius 1 is 0.923 bits per heavy atom. The van der Waals surface area contributed by atoms with E-state index in [1.807, 2.05) is 5.38 Å². The first-order valence-electron chi connectivity index (χ1n) is 8.31. The molecule has 0 bridgehead atoms. The molecule has 4 rings (SSSR count). The Bertz CT molecular complexity index is 863. The predicted molar refractivity (Wildman–Crippen MR) is 104 cm³/mol. The molecule has 124 valence electrons. The van der Waals surface area contributed by atoms with Crippen molar-refractivity contribution in [3.8, 4) is 0 Å². The first kappa shape index (κ1) is 25.5. The van der Waals surface area contributed by atoms with Crippen LogP contribution in [0.1, 0.15) is 50.7 Å². The van der Waals surface area contributed by atoms with Crippen LogP contribution in [0.25, 0.3) is 21.0 Å². The SMILES string of the molecule is CC(C)c1ccc2[c-]csc2c1.CC(C)c1ccc2cn[n-]c2c1.[Rb+].[Rb+]. The third-order valence-electron chi connectivity index (χ3n) is 4.16. The summed E-state index contributed by atoms with van der Waals surface area (Å²) in [6.45, 7) is 8.80. The molecular weight excluding hydrogens is 483 g/mol. The van der Waals surface area contributed by atoms with Crippen LogP contribution in [-0.2, 0) is 0 Å². The van der Waals surface area contributed by atoms with Crippen molar-refractivity contribution >= 4 is 32.3 Å². The number of hydrogen-bond acceptors (Lipinski definition) is 2. The van der Waals surface area contributed by atoms with Gasteiger partial charge in [-0.25, -0.2) is 11.3 Å². The van der Waals surface area contributed by atoms with E-state index in [-0.39, 0.29) is 116 Å². The Labute approximate surface area is 258 Å². The Kier molecular flexibility index (Phi) is 12.0. The van der Waals surface area contributed by atoms with E-state index >= 15 is 0 Å². The average molecular weight is 505 g/mol. The van der Waals surface area contributed by atoms with Gasteiger partial charge >= 0.3 is 116 Å². The second-order valence-electron chi connectivity index (χ2n) is 6.61. The summed E-state index contributed by atoms with van der Waals surface area (Å²) in [5.41, 5.74) is 3.74. The van der Waals surface area contributed by atoms with Gasteiger partial charge in [0.25, 0.3) is 0 Å². The van der Waals surface area contributed by atoms with Crippen LogP contribution < -0.4 is 121 Å². The van der Waals surface area contributed by atoms with Crippen LogP contribution in [-0.4, -0.2) is 5.10 Å². The summed E-state index contributed by atoms with van der Waals surface area (Å²) in [6.07, 6.45) is 1.79. The van der Waals surface area contributed by atoms with Crippen LogP contribution in [0.4, 0.5) is 0 Å². The van der Waals surface area contributed by atoms with Gasteiger partial charge in [0, 0.05) is 6.20 Å². The Balaban J connectivity index is 0.000000241. The van der Waals surface area contributed by atoms with E-state index in [1.165, 1.54) is 21.2 Å². The molecule has 0 aliphatic carbocycles. The zero-order valence-electron chi connectivity index (χ0n) is 16.6. The summed E-state index contributed by atoms with van der Waals surface area (Å²) in [7, 11) is 0. The number of hydrogen-bond donors (Lipinski definition) is 0. The van der Waals surface area contributed by atoms with E-state index in [0.29, 0.717) is 11.8 Å². The van der Waals surface area contributed by atoms with E-state index in [2.05, 4.69) is 80.4 Å². The molecule has 0 aliphatic heterocycles. The number of fused-ring (bicyclic) bond motifs is 2. The maximum Gasteiger partial charge on any atom is 1.00 e. The summed E-state index contributed by atoms with van der Waals surface area (Å²) in [4.78, 5) is 0. The fourth-order valence-electron chi connectivity index (χ4n) is 2.54. The first-order valence-corrected chi connectivity index (χ1v) is 9.19. The van der Waals surface area contributed by atoms with Gasteiger partial charge in [-0.15, -0.1) is 11.6 Å². The molecule has 2 nitrogen and oxygen atoms in total. The molecular formula is C21H22N2Rb2S. The third kappa shape index (κ3) is 6.77. The van der Waals surface area contributed by atoms with Crippen LogP contribution in [0.15, 0.2) is 48.0 Å². The van der Waals surface area contributed by atoms with Crippen molar-refractivity contribution in [3.05, 3.63) is 65.2 Å². The van der Waals surface area contributed by atoms with Gasteiger partial charge in [-0.1, -0.05) is 67.6 Å². The van der Waals surface area contributed by atoms with Crippen LogP contribution in [0.3, 0.4) is 0 Å². The molecule has 0 aliphatic rings. The minimum absolute atomic E-state index is 0. The zero-order valence-corrected chi connectivity index (χ0v) is 27.2. The Morgan fingerprint density at radius 3 is 2.27 bits per heavy atom. The van der Waals surface area contributed by atoms with E-state index in [0.717, 1.165) is 10.9 Å². The number of thiophene rings is 1. The molecule has 4 aromatic rings. The van der Waals surface area contributed by atoms with Gasteiger partial charge in [0.05, 0.1) is 0 Å². The van der Waals surface area contributed by atoms with Gasteiger partial charge in [0.1, 0.15) is 0 Å². The van der Waals surface area contributed by atoms with Crippen LogP contribution in [0, 0.1) is 6.07 Å². The molecule has 0 saturated heterocycles. The van der Waals surface area contributed by atoms with Crippen molar-refractivity contribution in [2.24, 2.45) is 0 Å². The van der Waals surface area contributed by atoms with Gasteiger partial charge in [0.2, 0.25) is 0 Å². The van der Waals surface area contributed by atoms with E-state index in [4.69, 9.17) is 0 Å². The van der Waals surface area contributed by atoms with Gasteiger partial charge in [0.15, 0.2) is 0 Å². The first-order chi connectivity index (χ1) is 11.5. The maximum atomic E-state index is 4.01. The number of benzene rings is 2. The molecule has 0 amide bonds. The third-order valence-corrected chi connectivity index (χ3v) is 4.98. The maximum absolute atomic E-state index is 4.01. The van der Waals surface area contributed by atoms with Gasteiger partial charge in [-0.2, -0.15) is 17.5 Å². The molecule has 0 spiro atoms. The number of rotatable bonds is 2. The largest absolute Gasteiger partial charge is 1.00 e. The van der Waals surface area contributed by atoms with Crippen molar-refractivity contribution in [2.45, 2.75) is 39.5 Å². The van der Waals surface area contributed by atoms with E-state index in [9.17, 15) is 0 Å². The summed E-state index contributed by atoms with van der Waals surface area (Å²) in [6, 6.07) is 16.1. The van der Waals surface area contributed by atoms with Gasteiger partial charge in [-0.05, 0) is 22.8 Å². The molecule has 5 heteroatoms. The molecule has 0 atom stereocenters. The van der Waals surface area contributed by atoms with Crippen molar-refractivity contribution in [1.29, 1.82) is 0 Å². The molecule has 2 heterocycles. The molecule has 0 unspecified atom stereocenters. The van der Waals surface area contributed by atoms with Crippen molar-refractivity contribution in [2.75, 3.05) is 0 Å². The zero-order chi connectivity index (χ0) is 17.1. The smallest absolute Gasteiger partial charge is 0.575 e. The standard InChI is InChI=1S/C11H11S.C10H11N2.2Rb/c1-8(2)10-4-3-9-5-6-12-11(9)7-10;1-7(2)8-3-4-9-6-11-12-10(9)5-8;;/h3-4,6-8H,1-2H3;3-7H,1-2H3;;/q2*-1;2*+1. The fraction of sp³-hybridized carbons (Fsp3) is 0.286. The van der Waals surface area contributed by atoms with Crippen LogP contribution >= 0.6 is 11.3 Å². The predicted octanol–water partition coefficient (Wildman–Crippen LogP) is 0.148. The summed E-state index contributed by atoms with van der Waals surface area (Å²) < 4.78 is 1.35. The van der Waals surface area contributed by atoms with E-state index in [1.54, 1.807) is 17.5 Å². The van der Waals surface area contributed by atoms with Gasteiger partial charge in [-0.3, -0.25) is 0 Å². The minimum Gasteiger partial charge on any atom is -0.575 e. The summed E-state index contributed by atoms with van der Waals surface area (Å²) in [5.74, 6) is 1.18. The normalized spacial score (nSPS) is 10.4. The average Bonchev–Trinajstić information content (AvgIpc) is 3.22. The number of aromatic nitrogens is 2.